The molecule has 1 aliphatic carbocycles. The van der Waals surface area contributed by atoms with Crippen molar-refractivity contribution in [3.05, 3.63) is 35.0 Å². The third-order valence-electron chi connectivity index (χ3n) is 5.04. The number of aromatic amines is 1. The van der Waals surface area contributed by atoms with Crippen LogP contribution >= 0.6 is 11.6 Å². The molecule has 2 aliphatic rings. The average molecular weight is 389 g/mol. The SMILES string of the molecule is O=C(CC[C@H]1NC(=O)N(CCc2c[nH]c3ccc(Cl)cc23)C1=O)NC1CC1. The fraction of sp³-hybridized carbons (Fsp3) is 0.421. The molecule has 1 atom stereocenters. The van der Waals surface area contributed by atoms with Gasteiger partial charge in [-0.1, -0.05) is 11.6 Å². The van der Waals surface area contributed by atoms with Crippen LogP contribution in [-0.2, 0) is 16.0 Å². The van der Waals surface area contributed by atoms with E-state index in [-0.39, 0.29) is 24.8 Å². The van der Waals surface area contributed by atoms with Crippen molar-refractivity contribution in [2.75, 3.05) is 6.54 Å². The maximum absolute atomic E-state index is 12.5. The molecule has 4 rings (SSSR count). The molecule has 0 radical (unpaired) electrons. The number of fused-ring (bicyclic) bond motifs is 1. The fourth-order valence-corrected chi connectivity index (χ4v) is 3.55. The van der Waals surface area contributed by atoms with Gasteiger partial charge in [0, 0.05) is 41.1 Å². The molecular weight excluding hydrogens is 368 g/mol. The van der Waals surface area contributed by atoms with Crippen LogP contribution in [0.2, 0.25) is 5.02 Å². The minimum Gasteiger partial charge on any atom is -0.361 e. The Hall–Kier alpha value is -2.54. The standard InChI is InChI=1S/C19H21ClN4O3/c20-12-1-4-15-14(9-12)11(10-21-15)7-8-24-18(26)16(23-19(24)27)5-6-17(25)22-13-2-3-13/h1,4,9-10,13,16,21H,2-3,5-8H2,(H,22,25)(H,23,27)/t16-/m1/s1. The number of nitrogens with one attached hydrogen (secondary N) is 3. The Kier molecular flexibility index (Phi) is 4.78. The Morgan fingerprint density at radius 3 is 2.89 bits per heavy atom. The number of nitrogens with zero attached hydrogens (tertiary/aromatic N) is 1. The van der Waals surface area contributed by atoms with E-state index >= 15 is 0 Å². The number of urea groups is 1. The highest BCUT2D eigenvalue weighted by atomic mass is 35.5. The van der Waals surface area contributed by atoms with Gasteiger partial charge in [0.15, 0.2) is 0 Å². The van der Waals surface area contributed by atoms with Crippen LogP contribution in [-0.4, -0.2) is 46.4 Å². The number of benzene rings is 1. The monoisotopic (exact) mass is 388 g/mol. The quantitative estimate of drug-likeness (QED) is 0.635. The second-order valence-electron chi connectivity index (χ2n) is 7.13. The normalized spacial score (nSPS) is 19.6. The summed E-state index contributed by atoms with van der Waals surface area (Å²) in [5, 5.41) is 7.20. The van der Waals surface area contributed by atoms with Crippen LogP contribution in [0.25, 0.3) is 10.9 Å². The molecule has 2 heterocycles. The van der Waals surface area contributed by atoms with Crippen LogP contribution < -0.4 is 10.6 Å². The molecule has 1 saturated carbocycles. The van der Waals surface area contributed by atoms with Gasteiger partial charge in [-0.15, -0.1) is 0 Å². The zero-order valence-electron chi connectivity index (χ0n) is 14.8. The van der Waals surface area contributed by atoms with Gasteiger partial charge in [-0.2, -0.15) is 0 Å². The molecule has 1 aliphatic heterocycles. The zero-order valence-corrected chi connectivity index (χ0v) is 15.5. The van der Waals surface area contributed by atoms with Gasteiger partial charge in [-0.25, -0.2) is 4.79 Å². The Bertz CT molecular complexity index is 905. The van der Waals surface area contributed by atoms with Crippen LogP contribution in [0.4, 0.5) is 4.79 Å². The van der Waals surface area contributed by atoms with Crippen LogP contribution in [0.1, 0.15) is 31.2 Å². The molecule has 0 unspecified atom stereocenters. The average Bonchev–Trinajstić information content (AvgIpc) is 3.30. The summed E-state index contributed by atoms with van der Waals surface area (Å²) in [5.41, 5.74) is 1.96. The van der Waals surface area contributed by atoms with E-state index in [9.17, 15) is 14.4 Å². The highest BCUT2D eigenvalue weighted by Crippen LogP contribution is 2.23. The molecule has 1 aromatic carbocycles. The van der Waals surface area contributed by atoms with Crippen LogP contribution in [0, 0.1) is 0 Å². The summed E-state index contributed by atoms with van der Waals surface area (Å²) in [6.45, 7) is 0.287. The van der Waals surface area contributed by atoms with Gasteiger partial charge < -0.3 is 15.6 Å². The van der Waals surface area contributed by atoms with Crippen molar-refractivity contribution >= 4 is 40.3 Å². The summed E-state index contributed by atoms with van der Waals surface area (Å²) in [5.74, 6) is -0.328. The smallest absolute Gasteiger partial charge is 0.324 e. The second-order valence-corrected chi connectivity index (χ2v) is 7.56. The molecule has 142 valence electrons. The molecule has 27 heavy (non-hydrogen) atoms. The Balaban J connectivity index is 1.34. The molecule has 8 heteroatoms. The number of carbonyl (C=O) groups excluding carboxylic acids is 3. The first kappa shape index (κ1) is 17.9. The van der Waals surface area contributed by atoms with Crippen LogP contribution in [0.15, 0.2) is 24.4 Å². The molecule has 3 N–H and O–H groups in total. The fourth-order valence-electron chi connectivity index (χ4n) is 3.38. The highest BCUT2D eigenvalue weighted by Gasteiger charge is 2.37. The van der Waals surface area contributed by atoms with E-state index in [2.05, 4.69) is 15.6 Å². The minimum atomic E-state index is -0.625. The first-order valence-electron chi connectivity index (χ1n) is 9.18. The number of carbonyl (C=O) groups is 3. The maximum atomic E-state index is 12.5. The lowest BCUT2D eigenvalue weighted by Crippen LogP contribution is -2.34. The van der Waals surface area contributed by atoms with E-state index in [1.165, 1.54) is 4.90 Å². The highest BCUT2D eigenvalue weighted by molar-refractivity contribution is 6.31. The summed E-state index contributed by atoms with van der Waals surface area (Å²) in [6, 6.07) is 4.86. The number of aromatic nitrogens is 1. The molecule has 1 saturated heterocycles. The first-order valence-corrected chi connectivity index (χ1v) is 9.56. The van der Waals surface area contributed by atoms with E-state index in [1.54, 1.807) is 0 Å². The van der Waals surface area contributed by atoms with E-state index in [0.29, 0.717) is 23.9 Å². The number of amides is 4. The van der Waals surface area contributed by atoms with E-state index in [4.69, 9.17) is 11.6 Å². The number of hydrogen-bond acceptors (Lipinski definition) is 3. The Morgan fingerprint density at radius 2 is 2.11 bits per heavy atom. The van der Waals surface area contributed by atoms with Crippen molar-refractivity contribution in [1.82, 2.24) is 20.5 Å². The van der Waals surface area contributed by atoms with Crippen LogP contribution in [0.5, 0.6) is 0 Å². The molecule has 2 aromatic rings. The van der Waals surface area contributed by atoms with Crippen molar-refractivity contribution < 1.29 is 14.4 Å². The second kappa shape index (κ2) is 7.23. The van der Waals surface area contributed by atoms with Crippen molar-refractivity contribution in [3.8, 4) is 0 Å². The minimum absolute atomic E-state index is 0.0614. The maximum Gasteiger partial charge on any atom is 0.324 e. The summed E-state index contributed by atoms with van der Waals surface area (Å²) in [4.78, 5) is 40.9. The number of halogens is 1. The van der Waals surface area contributed by atoms with Crippen LogP contribution in [0.3, 0.4) is 0 Å². The van der Waals surface area contributed by atoms with Crippen molar-refractivity contribution in [2.24, 2.45) is 0 Å². The summed E-state index contributed by atoms with van der Waals surface area (Å²) in [6.07, 6.45) is 5.02. The van der Waals surface area contributed by atoms with Crippen molar-refractivity contribution in [1.29, 1.82) is 0 Å². The molecule has 2 fully saturated rings. The van der Waals surface area contributed by atoms with E-state index < -0.39 is 12.1 Å². The number of imide groups is 1. The molecule has 0 bridgehead atoms. The molecule has 4 amide bonds. The molecular formula is C19H21ClN4O3. The predicted molar refractivity (Wildman–Crippen MR) is 101 cm³/mol. The number of hydrogen-bond donors (Lipinski definition) is 3. The lowest BCUT2D eigenvalue weighted by Gasteiger charge is -2.12. The van der Waals surface area contributed by atoms with Gasteiger partial charge in [-0.3, -0.25) is 14.5 Å². The van der Waals surface area contributed by atoms with Crippen molar-refractivity contribution in [2.45, 2.75) is 44.2 Å². The number of H-pyrrole nitrogens is 1. The van der Waals surface area contributed by atoms with Gasteiger partial charge in [0.1, 0.15) is 6.04 Å². The van der Waals surface area contributed by atoms with Gasteiger partial charge in [-0.05, 0) is 49.4 Å². The van der Waals surface area contributed by atoms with E-state index in [1.807, 2.05) is 24.4 Å². The largest absolute Gasteiger partial charge is 0.361 e. The Morgan fingerprint density at radius 1 is 1.30 bits per heavy atom. The van der Waals surface area contributed by atoms with Gasteiger partial charge in [0.2, 0.25) is 5.91 Å². The summed E-state index contributed by atoms with van der Waals surface area (Å²) < 4.78 is 0. The zero-order chi connectivity index (χ0) is 19.0. The lowest BCUT2D eigenvalue weighted by atomic mass is 10.1. The van der Waals surface area contributed by atoms with Gasteiger partial charge in [0.25, 0.3) is 5.91 Å². The topological polar surface area (TPSA) is 94.3 Å². The summed E-state index contributed by atoms with van der Waals surface area (Å²) >= 11 is 6.06. The van der Waals surface area contributed by atoms with Gasteiger partial charge in [0.05, 0.1) is 0 Å². The van der Waals surface area contributed by atoms with Gasteiger partial charge >= 0.3 is 6.03 Å². The third kappa shape index (κ3) is 3.93. The molecule has 7 nitrogen and oxygen atoms in total. The van der Waals surface area contributed by atoms with E-state index in [0.717, 1.165) is 29.3 Å². The molecule has 1 aromatic heterocycles. The molecule has 0 spiro atoms. The van der Waals surface area contributed by atoms with Crippen molar-refractivity contribution in [3.63, 3.8) is 0 Å². The lowest BCUT2D eigenvalue weighted by molar-refractivity contribution is -0.127. The third-order valence-corrected chi connectivity index (χ3v) is 5.28. The first-order chi connectivity index (χ1) is 13.0. The predicted octanol–water partition coefficient (Wildman–Crippen LogP) is 2.34. The number of rotatable bonds is 7. The summed E-state index contributed by atoms with van der Waals surface area (Å²) in [7, 11) is 0. The Labute approximate surface area is 161 Å².